The monoisotopic (exact) mass is 477 g/mol. The maximum Gasteiger partial charge on any atom is 0.328 e. The molecule has 0 aliphatic heterocycles. The minimum absolute atomic E-state index is 0.0112. The Morgan fingerprint density at radius 1 is 0.906 bits per heavy atom. The Hall–Kier alpha value is -2.38. The third-order valence-corrected chi connectivity index (χ3v) is 5.06. The molecule has 184 valence electrons. The number of aliphatic hydroxyl groups excluding tert-OH is 1. The smallest absolute Gasteiger partial charge is 0.328 e. The number of carbonyl (C=O) groups excluding carboxylic acids is 4. The minimum Gasteiger partial charge on any atom is -0.480 e. The van der Waals surface area contributed by atoms with E-state index in [2.05, 4.69) is 16.0 Å². The molecule has 0 spiro atoms. The fraction of sp³-hybridized carbons (Fsp3) is 0.737. The predicted octanol–water partition coefficient (Wildman–Crippen LogP) is -2.09. The highest BCUT2D eigenvalue weighted by atomic mass is 32.2. The van der Waals surface area contributed by atoms with E-state index in [0.717, 1.165) is 0 Å². The van der Waals surface area contributed by atoms with Gasteiger partial charge in [-0.15, -0.1) is 0 Å². The summed E-state index contributed by atoms with van der Waals surface area (Å²) in [5.41, 5.74) is 11.0. The van der Waals surface area contributed by atoms with Crippen LogP contribution in [0, 0.1) is 5.92 Å². The molecule has 4 amide bonds. The van der Waals surface area contributed by atoms with E-state index < -0.39 is 60.4 Å². The van der Waals surface area contributed by atoms with Crippen molar-refractivity contribution >= 4 is 41.4 Å². The number of carboxylic acids is 1. The van der Waals surface area contributed by atoms with Crippen LogP contribution in [0.2, 0.25) is 0 Å². The maximum absolute atomic E-state index is 12.9. The van der Waals surface area contributed by atoms with E-state index in [1.807, 2.05) is 20.1 Å². The third-order valence-electron chi connectivity index (χ3n) is 4.42. The number of carbonyl (C=O) groups is 5. The second-order valence-corrected chi connectivity index (χ2v) is 8.71. The lowest BCUT2D eigenvalue weighted by atomic mass is 10.0. The first-order chi connectivity index (χ1) is 14.9. The molecular formula is C19H35N5O7S. The van der Waals surface area contributed by atoms with Crippen LogP contribution in [0.5, 0.6) is 0 Å². The Balaban J connectivity index is 5.43. The lowest BCUT2D eigenvalue weighted by Crippen LogP contribution is -2.57. The largest absolute Gasteiger partial charge is 0.480 e. The van der Waals surface area contributed by atoms with Crippen LogP contribution >= 0.6 is 11.8 Å². The van der Waals surface area contributed by atoms with Gasteiger partial charge in [0, 0.05) is 6.42 Å². The summed E-state index contributed by atoms with van der Waals surface area (Å²) in [6.45, 7) is 2.82. The van der Waals surface area contributed by atoms with Gasteiger partial charge in [0.05, 0.1) is 12.6 Å². The molecule has 0 fully saturated rings. The van der Waals surface area contributed by atoms with Gasteiger partial charge >= 0.3 is 5.97 Å². The third kappa shape index (κ3) is 11.9. The van der Waals surface area contributed by atoms with Crippen molar-refractivity contribution in [2.75, 3.05) is 18.6 Å². The fourth-order valence-electron chi connectivity index (χ4n) is 2.64. The molecule has 4 atom stereocenters. The molecule has 0 saturated heterocycles. The Kier molecular flexibility index (Phi) is 14.3. The molecule has 9 N–H and O–H groups in total. The van der Waals surface area contributed by atoms with Gasteiger partial charge in [-0.2, -0.15) is 11.8 Å². The first-order valence-electron chi connectivity index (χ1n) is 10.2. The van der Waals surface area contributed by atoms with E-state index in [4.69, 9.17) is 21.7 Å². The van der Waals surface area contributed by atoms with Gasteiger partial charge in [0.2, 0.25) is 23.6 Å². The van der Waals surface area contributed by atoms with Gasteiger partial charge < -0.3 is 37.6 Å². The summed E-state index contributed by atoms with van der Waals surface area (Å²) in [6.07, 6.45) is 2.11. The van der Waals surface area contributed by atoms with Crippen molar-refractivity contribution in [3.05, 3.63) is 0 Å². The molecule has 0 saturated carbocycles. The number of nitrogens with two attached hydrogens (primary N) is 2. The summed E-state index contributed by atoms with van der Waals surface area (Å²) in [6, 6.07) is -4.70. The van der Waals surface area contributed by atoms with E-state index in [-0.39, 0.29) is 25.2 Å². The van der Waals surface area contributed by atoms with Crippen LogP contribution in [0.3, 0.4) is 0 Å². The Bertz CT molecular complexity index is 662. The van der Waals surface area contributed by atoms with Crippen molar-refractivity contribution in [2.24, 2.45) is 17.4 Å². The van der Waals surface area contributed by atoms with Crippen LogP contribution in [-0.4, -0.2) is 82.6 Å². The summed E-state index contributed by atoms with van der Waals surface area (Å²) in [4.78, 5) is 60.0. The normalized spacial score (nSPS) is 14.7. The summed E-state index contributed by atoms with van der Waals surface area (Å²) < 4.78 is 0. The number of aliphatic hydroxyl groups is 1. The molecule has 0 bridgehead atoms. The number of carboxylic acid groups (broad SMARTS) is 1. The molecule has 0 aliphatic rings. The van der Waals surface area contributed by atoms with Crippen LogP contribution in [0.25, 0.3) is 0 Å². The SMILES string of the molecule is CSCCC(N)C(=O)NC(CC(C)C)C(=O)NC(CCC(N)=O)C(=O)NC(CO)C(=O)O. The van der Waals surface area contributed by atoms with E-state index in [0.29, 0.717) is 12.2 Å². The molecule has 0 rings (SSSR count). The summed E-state index contributed by atoms with van der Waals surface area (Å²) in [5, 5.41) is 25.2. The minimum atomic E-state index is -1.59. The lowest BCUT2D eigenvalue weighted by Gasteiger charge is -2.25. The summed E-state index contributed by atoms with van der Waals surface area (Å²) >= 11 is 1.53. The highest BCUT2D eigenvalue weighted by Gasteiger charge is 2.30. The van der Waals surface area contributed by atoms with Crippen LogP contribution < -0.4 is 27.4 Å². The Morgan fingerprint density at radius 2 is 1.44 bits per heavy atom. The fourth-order valence-corrected chi connectivity index (χ4v) is 3.13. The number of thioether (sulfide) groups is 1. The number of hydrogen-bond donors (Lipinski definition) is 7. The van der Waals surface area contributed by atoms with Gasteiger partial charge in [0.1, 0.15) is 18.1 Å². The highest BCUT2D eigenvalue weighted by Crippen LogP contribution is 2.08. The molecule has 0 radical (unpaired) electrons. The van der Waals surface area contributed by atoms with Gasteiger partial charge in [-0.25, -0.2) is 4.79 Å². The van der Waals surface area contributed by atoms with Crippen LogP contribution in [-0.2, 0) is 24.0 Å². The van der Waals surface area contributed by atoms with Crippen LogP contribution in [0.4, 0.5) is 0 Å². The molecule has 32 heavy (non-hydrogen) atoms. The molecule has 13 heteroatoms. The number of rotatable bonds is 16. The second kappa shape index (κ2) is 15.4. The van der Waals surface area contributed by atoms with Crippen LogP contribution in [0.15, 0.2) is 0 Å². The zero-order valence-corrected chi connectivity index (χ0v) is 19.4. The Labute approximate surface area is 191 Å². The maximum atomic E-state index is 12.9. The lowest BCUT2D eigenvalue weighted by molar-refractivity contribution is -0.143. The first kappa shape index (κ1) is 29.6. The van der Waals surface area contributed by atoms with E-state index >= 15 is 0 Å². The first-order valence-corrected chi connectivity index (χ1v) is 11.6. The van der Waals surface area contributed by atoms with Crippen LogP contribution in [0.1, 0.15) is 39.5 Å². The summed E-state index contributed by atoms with van der Waals surface area (Å²) in [5.74, 6) is -3.62. The van der Waals surface area contributed by atoms with E-state index in [9.17, 15) is 24.0 Å². The van der Waals surface area contributed by atoms with Crippen molar-refractivity contribution in [1.29, 1.82) is 0 Å². The molecule has 12 nitrogen and oxygen atoms in total. The Morgan fingerprint density at radius 3 is 1.91 bits per heavy atom. The molecule has 0 aromatic heterocycles. The van der Waals surface area contributed by atoms with Crippen molar-refractivity contribution < 1.29 is 34.2 Å². The number of amides is 4. The average molecular weight is 478 g/mol. The second-order valence-electron chi connectivity index (χ2n) is 7.73. The van der Waals surface area contributed by atoms with Gasteiger partial charge in [-0.05, 0) is 37.2 Å². The number of nitrogens with one attached hydrogen (secondary N) is 3. The van der Waals surface area contributed by atoms with Crippen molar-refractivity contribution in [2.45, 2.75) is 63.7 Å². The van der Waals surface area contributed by atoms with E-state index in [1.54, 1.807) is 0 Å². The zero-order valence-electron chi connectivity index (χ0n) is 18.6. The zero-order chi connectivity index (χ0) is 24.8. The topological polar surface area (TPSA) is 214 Å². The van der Waals surface area contributed by atoms with Gasteiger partial charge in [0.15, 0.2) is 0 Å². The van der Waals surface area contributed by atoms with Gasteiger partial charge in [0.25, 0.3) is 0 Å². The van der Waals surface area contributed by atoms with E-state index in [1.165, 1.54) is 11.8 Å². The predicted molar refractivity (Wildman–Crippen MR) is 119 cm³/mol. The molecule has 0 aromatic carbocycles. The average Bonchev–Trinajstić information content (AvgIpc) is 2.71. The molecular weight excluding hydrogens is 442 g/mol. The molecule has 0 aromatic rings. The van der Waals surface area contributed by atoms with Crippen molar-refractivity contribution in [1.82, 2.24) is 16.0 Å². The standard InChI is InChI=1S/C19H35N5O7S/c1-10(2)8-13(23-16(27)11(20)6-7-32-3)18(29)22-12(4-5-15(21)26)17(28)24-14(9-25)19(30)31/h10-14,25H,4-9,20H2,1-3H3,(H2,21,26)(H,22,29)(H,23,27)(H,24,28)(H,30,31). The van der Waals surface area contributed by atoms with Crippen molar-refractivity contribution in [3.63, 3.8) is 0 Å². The number of hydrogen-bond acceptors (Lipinski definition) is 8. The highest BCUT2D eigenvalue weighted by molar-refractivity contribution is 7.98. The van der Waals surface area contributed by atoms with Crippen molar-refractivity contribution in [3.8, 4) is 0 Å². The molecule has 0 aliphatic carbocycles. The number of aliphatic carboxylic acids is 1. The van der Waals surface area contributed by atoms with Gasteiger partial charge in [-0.1, -0.05) is 13.8 Å². The van der Waals surface area contributed by atoms with Gasteiger partial charge in [-0.3, -0.25) is 19.2 Å². The molecule has 0 heterocycles. The summed E-state index contributed by atoms with van der Waals surface area (Å²) in [7, 11) is 0. The number of primary amides is 1. The molecule has 4 unspecified atom stereocenters. The quantitative estimate of drug-likeness (QED) is 0.129.